The molecular weight excluding hydrogens is 416 g/mol. The normalized spacial score (nSPS) is 12.0. The van der Waals surface area contributed by atoms with Crippen LogP contribution in [-0.2, 0) is 4.79 Å². The van der Waals surface area contributed by atoms with Gasteiger partial charge >= 0.3 is 0 Å². The van der Waals surface area contributed by atoms with Crippen LogP contribution in [0.2, 0.25) is 0 Å². The van der Waals surface area contributed by atoms with Gasteiger partial charge in [-0.3, -0.25) is 9.59 Å². The summed E-state index contributed by atoms with van der Waals surface area (Å²) in [5, 5.41) is 5.68. The van der Waals surface area contributed by atoms with E-state index in [9.17, 15) is 9.59 Å². The fraction of sp³-hybridized carbons (Fsp3) is 0.136. The molecule has 2 heterocycles. The quantitative estimate of drug-likeness (QED) is 0.273. The number of nitrogens with two attached hydrogens (primary N) is 1. The molecule has 152 valence electrons. The Morgan fingerprint density at radius 2 is 1.83 bits per heavy atom. The van der Waals surface area contributed by atoms with Gasteiger partial charge in [-0.15, -0.1) is 11.3 Å². The molecule has 0 saturated heterocycles. The Kier molecular flexibility index (Phi) is 5.87. The maximum atomic E-state index is 12.9. The van der Waals surface area contributed by atoms with E-state index in [2.05, 4.69) is 10.3 Å². The van der Waals surface area contributed by atoms with E-state index in [1.54, 1.807) is 0 Å². The Balaban J connectivity index is 1.52. The van der Waals surface area contributed by atoms with Gasteiger partial charge in [0.2, 0.25) is 5.91 Å². The van der Waals surface area contributed by atoms with Crippen molar-refractivity contribution >= 4 is 39.2 Å². The van der Waals surface area contributed by atoms with Crippen LogP contribution in [0.4, 0.5) is 0 Å². The zero-order valence-electron chi connectivity index (χ0n) is 16.2. The van der Waals surface area contributed by atoms with E-state index in [1.165, 1.54) is 11.3 Å². The Hall–Kier alpha value is -3.10. The number of carbonyl (C=O) groups excluding carboxylic acids is 1. The number of fused-ring (bicyclic) bond motifs is 1. The van der Waals surface area contributed by atoms with E-state index < -0.39 is 0 Å². The summed E-state index contributed by atoms with van der Waals surface area (Å²) < 4.78 is 1.03. The molecule has 0 aliphatic carbocycles. The summed E-state index contributed by atoms with van der Waals surface area (Å²) >= 11 is 2.54. The molecule has 8 heteroatoms. The smallest absolute Gasteiger partial charge is 0.282 e. The summed E-state index contributed by atoms with van der Waals surface area (Å²) in [6, 6.07) is 19.3. The molecule has 3 N–H and O–H groups in total. The average Bonchev–Trinajstić information content (AvgIpc) is 3.20. The molecule has 0 spiro atoms. The number of nitrogens with zero attached hydrogens (tertiary/aromatic N) is 2. The van der Waals surface area contributed by atoms with E-state index >= 15 is 0 Å². The summed E-state index contributed by atoms with van der Waals surface area (Å²) in [4.78, 5) is 30.4. The van der Waals surface area contributed by atoms with Crippen molar-refractivity contribution in [2.75, 3.05) is 11.6 Å². The van der Waals surface area contributed by atoms with Crippen LogP contribution >= 0.6 is 23.1 Å². The van der Waals surface area contributed by atoms with Crippen LogP contribution in [0.15, 0.2) is 76.0 Å². The van der Waals surface area contributed by atoms with Gasteiger partial charge in [0.1, 0.15) is 4.83 Å². The molecule has 0 aliphatic heterocycles. The molecule has 1 atom stereocenters. The Morgan fingerprint density at radius 1 is 1.17 bits per heavy atom. The van der Waals surface area contributed by atoms with Gasteiger partial charge in [0.25, 0.3) is 5.56 Å². The third kappa shape index (κ3) is 4.10. The maximum absolute atomic E-state index is 12.9. The second-order valence-electron chi connectivity index (χ2n) is 6.75. The lowest BCUT2D eigenvalue weighted by Crippen LogP contribution is -2.31. The third-order valence-corrected chi connectivity index (χ3v) is 6.53. The molecule has 2 aromatic carbocycles. The Labute approximate surface area is 181 Å². The molecule has 0 bridgehead atoms. The first-order chi connectivity index (χ1) is 14.5. The zero-order valence-corrected chi connectivity index (χ0v) is 17.9. The minimum Gasteiger partial charge on any atom is -0.349 e. The first-order valence-electron chi connectivity index (χ1n) is 9.36. The van der Waals surface area contributed by atoms with Crippen LogP contribution in [0, 0.1) is 0 Å². The molecule has 2 aromatic heterocycles. The summed E-state index contributed by atoms with van der Waals surface area (Å²) in [7, 11) is 0. The summed E-state index contributed by atoms with van der Waals surface area (Å²) in [5.74, 6) is 5.99. The number of thioether (sulfide) groups is 1. The second-order valence-corrected chi connectivity index (χ2v) is 8.55. The number of aromatic nitrogens is 2. The molecular formula is C22H20N4O2S2. The molecule has 1 amide bonds. The minimum atomic E-state index is -0.319. The van der Waals surface area contributed by atoms with Crippen molar-refractivity contribution < 1.29 is 4.79 Å². The molecule has 0 saturated carbocycles. The SMILES string of the molecule is CC(NC(=O)CSc1nc2scc(-c3ccccc3)c2c(=O)n1N)c1ccccc1. The van der Waals surface area contributed by atoms with Crippen LogP contribution in [-0.4, -0.2) is 21.3 Å². The molecule has 30 heavy (non-hydrogen) atoms. The second kappa shape index (κ2) is 8.73. The highest BCUT2D eigenvalue weighted by Gasteiger charge is 2.17. The van der Waals surface area contributed by atoms with E-state index in [4.69, 9.17) is 5.84 Å². The van der Waals surface area contributed by atoms with Crippen LogP contribution in [0.3, 0.4) is 0 Å². The van der Waals surface area contributed by atoms with Gasteiger partial charge in [-0.2, -0.15) is 0 Å². The molecule has 4 rings (SSSR count). The largest absolute Gasteiger partial charge is 0.349 e. The van der Waals surface area contributed by atoms with Crippen molar-refractivity contribution in [3.63, 3.8) is 0 Å². The number of nitrogen functional groups attached to an aromatic ring is 1. The van der Waals surface area contributed by atoms with Crippen LogP contribution in [0.25, 0.3) is 21.3 Å². The maximum Gasteiger partial charge on any atom is 0.282 e. The van der Waals surface area contributed by atoms with E-state index in [1.807, 2.05) is 73.0 Å². The number of hydrogen-bond acceptors (Lipinski definition) is 6. The van der Waals surface area contributed by atoms with E-state index in [-0.39, 0.29) is 23.3 Å². The standard InChI is InChI=1S/C22H20N4O2S2/c1-14(15-8-4-2-5-9-15)24-18(27)13-30-22-25-20-19(21(28)26(22)23)17(12-29-20)16-10-6-3-7-11-16/h2-12,14H,13,23H2,1H3,(H,24,27). The van der Waals surface area contributed by atoms with Gasteiger partial charge in [-0.1, -0.05) is 72.4 Å². The van der Waals surface area contributed by atoms with Gasteiger partial charge in [0.05, 0.1) is 17.2 Å². The monoisotopic (exact) mass is 436 g/mol. The van der Waals surface area contributed by atoms with Gasteiger partial charge in [-0.25, -0.2) is 9.66 Å². The summed E-state index contributed by atoms with van der Waals surface area (Å²) in [6.07, 6.45) is 0. The van der Waals surface area contributed by atoms with Crippen molar-refractivity contribution in [1.29, 1.82) is 0 Å². The predicted octanol–water partition coefficient (Wildman–Crippen LogP) is 3.81. The van der Waals surface area contributed by atoms with Crippen LogP contribution in [0.1, 0.15) is 18.5 Å². The van der Waals surface area contributed by atoms with Crippen LogP contribution < -0.4 is 16.7 Å². The highest BCUT2D eigenvalue weighted by atomic mass is 32.2. The third-order valence-electron chi connectivity index (χ3n) is 4.70. The number of benzene rings is 2. The van der Waals surface area contributed by atoms with Gasteiger partial charge in [0, 0.05) is 10.9 Å². The van der Waals surface area contributed by atoms with Crippen molar-refractivity contribution in [2.24, 2.45) is 0 Å². The summed E-state index contributed by atoms with van der Waals surface area (Å²) in [6.45, 7) is 1.93. The zero-order chi connectivity index (χ0) is 21.1. The lowest BCUT2D eigenvalue weighted by Gasteiger charge is -2.14. The number of carbonyl (C=O) groups is 1. The lowest BCUT2D eigenvalue weighted by atomic mass is 10.1. The minimum absolute atomic E-state index is 0.111. The number of rotatable bonds is 6. The average molecular weight is 437 g/mol. The molecule has 0 aliphatic rings. The highest BCUT2D eigenvalue weighted by molar-refractivity contribution is 7.99. The fourth-order valence-electron chi connectivity index (χ4n) is 3.15. The molecule has 4 aromatic rings. The van der Waals surface area contributed by atoms with Crippen LogP contribution in [0.5, 0.6) is 0 Å². The Morgan fingerprint density at radius 3 is 2.53 bits per heavy atom. The number of thiophene rings is 1. The van der Waals surface area contributed by atoms with Gasteiger partial charge in [-0.05, 0) is 18.1 Å². The number of hydrogen-bond donors (Lipinski definition) is 2. The van der Waals surface area contributed by atoms with Crippen molar-refractivity contribution in [3.8, 4) is 11.1 Å². The van der Waals surface area contributed by atoms with Gasteiger partial charge < -0.3 is 11.2 Å². The van der Waals surface area contributed by atoms with E-state index in [0.717, 1.165) is 33.1 Å². The topological polar surface area (TPSA) is 90.0 Å². The first kappa shape index (κ1) is 20.2. The number of amides is 1. The number of nitrogens with one attached hydrogen (secondary N) is 1. The molecule has 0 fully saturated rings. The molecule has 0 radical (unpaired) electrons. The summed E-state index contributed by atoms with van der Waals surface area (Å²) in [5.41, 5.74) is 2.47. The highest BCUT2D eigenvalue weighted by Crippen LogP contribution is 2.31. The van der Waals surface area contributed by atoms with Gasteiger partial charge in [0.15, 0.2) is 5.16 Å². The van der Waals surface area contributed by atoms with Crippen molar-refractivity contribution in [2.45, 2.75) is 18.1 Å². The lowest BCUT2D eigenvalue weighted by molar-refractivity contribution is -0.119. The predicted molar refractivity (Wildman–Crippen MR) is 123 cm³/mol. The molecule has 6 nitrogen and oxygen atoms in total. The molecule has 1 unspecified atom stereocenters. The fourth-order valence-corrected chi connectivity index (χ4v) is 4.87. The Bertz CT molecular complexity index is 1240. The van der Waals surface area contributed by atoms with E-state index in [0.29, 0.717) is 15.4 Å². The van der Waals surface area contributed by atoms with Crippen molar-refractivity contribution in [1.82, 2.24) is 15.0 Å². The first-order valence-corrected chi connectivity index (χ1v) is 11.2. The van der Waals surface area contributed by atoms with Crippen molar-refractivity contribution in [3.05, 3.63) is 82.0 Å².